The van der Waals surface area contributed by atoms with E-state index >= 15 is 0 Å². The lowest BCUT2D eigenvalue weighted by molar-refractivity contribution is -0.132. The monoisotopic (exact) mass is 556 g/mol. The summed E-state index contributed by atoms with van der Waals surface area (Å²) in [7, 11) is 0. The van der Waals surface area contributed by atoms with E-state index in [1.54, 1.807) is 24.6 Å². The van der Waals surface area contributed by atoms with E-state index in [9.17, 15) is 24.3 Å². The molecule has 1 aliphatic rings. The first-order valence-electron chi connectivity index (χ1n) is 12.0. The number of nitrogens with zero attached hydrogens (tertiary/aromatic N) is 2. The van der Waals surface area contributed by atoms with Crippen molar-refractivity contribution >= 4 is 46.3 Å². The minimum Gasteiger partial charge on any atom is -0.391 e. The lowest BCUT2D eigenvalue weighted by atomic mass is 10.0. The van der Waals surface area contributed by atoms with Gasteiger partial charge in [-0.3, -0.25) is 19.2 Å². The highest BCUT2D eigenvalue weighted by Gasteiger charge is 2.32. The number of aliphatic hydroxyl groups is 1. The molecule has 0 fully saturated rings. The first kappa shape index (κ1) is 27.4. The van der Waals surface area contributed by atoms with Crippen molar-refractivity contribution in [2.24, 2.45) is 0 Å². The fourth-order valence-corrected chi connectivity index (χ4v) is 5.44. The average molecular weight is 557 g/mol. The van der Waals surface area contributed by atoms with E-state index in [0.29, 0.717) is 10.0 Å². The van der Waals surface area contributed by atoms with Crippen LogP contribution in [0.4, 0.5) is 0 Å². The van der Waals surface area contributed by atoms with Crippen LogP contribution in [0.1, 0.15) is 69.4 Å². The molecule has 4 amide bonds. The minimum absolute atomic E-state index is 0.0904. The lowest BCUT2D eigenvalue weighted by Crippen LogP contribution is -2.57. The summed E-state index contributed by atoms with van der Waals surface area (Å²) in [5.41, 5.74) is 1.06. The number of aromatic nitrogens is 2. The second kappa shape index (κ2) is 11.8. The molecule has 2 aromatic heterocycles. The molecule has 5 N–H and O–H groups in total. The van der Waals surface area contributed by atoms with E-state index in [1.165, 1.54) is 29.6 Å². The van der Waals surface area contributed by atoms with Crippen LogP contribution in [0.5, 0.6) is 0 Å². The summed E-state index contributed by atoms with van der Waals surface area (Å²) >= 11 is 2.41. The van der Waals surface area contributed by atoms with E-state index in [4.69, 9.17) is 0 Å². The van der Waals surface area contributed by atoms with Gasteiger partial charge in [0.25, 0.3) is 11.8 Å². The smallest absolute Gasteiger partial charge is 0.271 e. The van der Waals surface area contributed by atoms with E-state index in [2.05, 4.69) is 31.2 Å². The number of rotatable bonds is 3. The summed E-state index contributed by atoms with van der Waals surface area (Å²) in [6, 6.07) is 5.66. The van der Waals surface area contributed by atoms with Gasteiger partial charge in [0.2, 0.25) is 11.8 Å². The van der Waals surface area contributed by atoms with Crippen molar-refractivity contribution < 1.29 is 24.3 Å². The number of aliphatic hydroxyl groups excluding tert-OH is 1. The molecule has 0 unspecified atom stereocenters. The summed E-state index contributed by atoms with van der Waals surface area (Å²) in [5, 5.41) is 25.3. The van der Waals surface area contributed by atoms with Crippen LogP contribution >= 0.6 is 22.7 Å². The van der Waals surface area contributed by atoms with Gasteiger partial charge in [0.1, 0.15) is 33.5 Å². The van der Waals surface area contributed by atoms with E-state index in [1.807, 2.05) is 30.3 Å². The van der Waals surface area contributed by atoms with Gasteiger partial charge in [-0.1, -0.05) is 30.3 Å². The molecule has 13 heteroatoms. The topological polar surface area (TPSA) is 162 Å². The van der Waals surface area contributed by atoms with Crippen LogP contribution in [0, 0.1) is 0 Å². The molecule has 1 aliphatic heterocycles. The van der Waals surface area contributed by atoms with Crippen molar-refractivity contribution in [2.45, 2.75) is 57.5 Å². The number of carbonyl (C=O) groups is 4. The molecule has 1 aromatic carbocycles. The fourth-order valence-electron chi connectivity index (χ4n) is 3.83. The third-order valence-electron chi connectivity index (χ3n) is 5.92. The van der Waals surface area contributed by atoms with Crippen LogP contribution < -0.4 is 21.3 Å². The average Bonchev–Trinajstić information content (AvgIpc) is 3.57. The summed E-state index contributed by atoms with van der Waals surface area (Å²) in [5.74, 6) is -2.27. The van der Waals surface area contributed by atoms with E-state index in [-0.39, 0.29) is 17.8 Å². The Kier molecular flexibility index (Phi) is 8.49. The standard InChI is InChI=1S/C25H28N6O5S2/c1-12-24-30-18(11-38-24)22(35)28-16(9-15-7-5-4-6-8-15)20(33)31-19(14(3)32)23(36)27-13(2)25-29-17(10-37-25)21(34)26-12/h4-8,10-14,16,19,32H,9H2,1-3H3,(H,26,34)(H,27,36)(H,28,35)(H,31,33)/t12-,13+,14+,16-,19+/m1/s1. The van der Waals surface area contributed by atoms with Crippen molar-refractivity contribution in [3.8, 4) is 0 Å². The molecular formula is C25H28N6O5S2. The number of hydrogen-bond acceptors (Lipinski definition) is 9. The Morgan fingerprint density at radius 2 is 1.37 bits per heavy atom. The molecule has 38 heavy (non-hydrogen) atoms. The molecule has 5 atom stereocenters. The van der Waals surface area contributed by atoms with Crippen LogP contribution in [-0.2, 0) is 16.0 Å². The van der Waals surface area contributed by atoms with Gasteiger partial charge in [-0.05, 0) is 26.3 Å². The highest BCUT2D eigenvalue weighted by atomic mass is 32.1. The Bertz CT molecular complexity index is 1320. The minimum atomic E-state index is -1.30. The van der Waals surface area contributed by atoms with E-state index in [0.717, 1.165) is 5.56 Å². The number of fused-ring (bicyclic) bond motifs is 4. The predicted octanol–water partition coefficient (Wildman–Crippen LogP) is 1.49. The van der Waals surface area contributed by atoms with Crippen LogP contribution in [0.3, 0.4) is 0 Å². The zero-order chi connectivity index (χ0) is 27.4. The van der Waals surface area contributed by atoms with Crippen molar-refractivity contribution in [2.75, 3.05) is 0 Å². The highest BCUT2D eigenvalue weighted by Crippen LogP contribution is 2.21. The second-order valence-corrected chi connectivity index (χ2v) is 10.8. The Morgan fingerprint density at radius 3 is 1.95 bits per heavy atom. The van der Waals surface area contributed by atoms with E-state index < -0.39 is 53.9 Å². The molecule has 0 saturated carbocycles. The Labute approximate surface area is 227 Å². The van der Waals surface area contributed by atoms with Gasteiger partial charge in [0, 0.05) is 17.2 Å². The molecule has 0 radical (unpaired) electrons. The van der Waals surface area contributed by atoms with Crippen LogP contribution in [0.2, 0.25) is 0 Å². The molecule has 3 heterocycles. The summed E-state index contributed by atoms with van der Waals surface area (Å²) in [6.07, 6.45) is -1.08. The molecule has 4 bridgehead atoms. The summed E-state index contributed by atoms with van der Waals surface area (Å²) < 4.78 is 0. The van der Waals surface area contributed by atoms with Gasteiger partial charge in [0.15, 0.2) is 0 Å². The van der Waals surface area contributed by atoms with Gasteiger partial charge < -0.3 is 26.4 Å². The predicted molar refractivity (Wildman–Crippen MR) is 142 cm³/mol. The second-order valence-electron chi connectivity index (χ2n) is 9.01. The lowest BCUT2D eigenvalue weighted by Gasteiger charge is -2.25. The van der Waals surface area contributed by atoms with Gasteiger partial charge in [-0.2, -0.15) is 0 Å². The molecule has 4 rings (SSSR count). The molecule has 200 valence electrons. The zero-order valence-corrected chi connectivity index (χ0v) is 22.6. The molecule has 11 nitrogen and oxygen atoms in total. The Balaban J connectivity index is 1.68. The molecule has 0 saturated heterocycles. The maximum absolute atomic E-state index is 13.4. The van der Waals surface area contributed by atoms with Gasteiger partial charge in [-0.15, -0.1) is 22.7 Å². The van der Waals surface area contributed by atoms with Crippen molar-refractivity contribution in [3.63, 3.8) is 0 Å². The van der Waals surface area contributed by atoms with Crippen LogP contribution in [0.25, 0.3) is 0 Å². The first-order chi connectivity index (χ1) is 18.1. The summed E-state index contributed by atoms with van der Waals surface area (Å²) in [4.78, 5) is 61.0. The molecule has 0 spiro atoms. The highest BCUT2D eigenvalue weighted by molar-refractivity contribution is 7.10. The summed E-state index contributed by atoms with van der Waals surface area (Å²) in [6.45, 7) is 4.82. The molecule has 0 aliphatic carbocycles. The number of carbonyl (C=O) groups excluding carboxylic acids is 4. The van der Waals surface area contributed by atoms with Gasteiger partial charge in [0.05, 0.1) is 18.2 Å². The van der Waals surface area contributed by atoms with Crippen LogP contribution in [-0.4, -0.2) is 56.9 Å². The van der Waals surface area contributed by atoms with Crippen molar-refractivity contribution in [3.05, 3.63) is 68.1 Å². The Morgan fingerprint density at radius 1 is 0.816 bits per heavy atom. The number of benzene rings is 1. The maximum Gasteiger partial charge on any atom is 0.271 e. The Hall–Kier alpha value is -3.68. The molecule has 3 aromatic rings. The SMILES string of the molecule is C[C@@H]1NC(=O)[C@H]([C@H](C)O)NC(=O)[C@@H](Cc2ccccc2)NC(=O)c2csc(n2)[C@@H](C)NC(=O)c2csc1n2. The van der Waals surface area contributed by atoms with Crippen LogP contribution in [0.15, 0.2) is 41.1 Å². The van der Waals surface area contributed by atoms with Gasteiger partial charge in [-0.25, -0.2) is 9.97 Å². The zero-order valence-electron chi connectivity index (χ0n) is 20.9. The van der Waals surface area contributed by atoms with Crippen molar-refractivity contribution in [1.82, 2.24) is 31.2 Å². The normalized spacial score (nSPS) is 23.8. The molecular weight excluding hydrogens is 528 g/mol. The number of amides is 4. The largest absolute Gasteiger partial charge is 0.391 e. The third kappa shape index (κ3) is 6.41. The third-order valence-corrected chi connectivity index (χ3v) is 7.98. The number of hydrogen-bond donors (Lipinski definition) is 5. The number of thiazole rings is 2. The quantitative estimate of drug-likeness (QED) is 0.326. The van der Waals surface area contributed by atoms with Crippen molar-refractivity contribution in [1.29, 1.82) is 0 Å². The first-order valence-corrected chi connectivity index (χ1v) is 13.7. The van der Waals surface area contributed by atoms with Gasteiger partial charge >= 0.3 is 0 Å². The number of nitrogens with one attached hydrogen (secondary N) is 4. The maximum atomic E-state index is 13.4. The fraction of sp³-hybridized carbons (Fsp3) is 0.360.